The van der Waals surface area contributed by atoms with E-state index >= 15 is 0 Å². The van der Waals surface area contributed by atoms with Crippen molar-refractivity contribution in [2.75, 3.05) is 14.2 Å². The number of alkyl halides is 6. The van der Waals surface area contributed by atoms with E-state index in [-0.39, 0.29) is 31.5 Å². The largest absolute Gasteiger partial charge is 0.465 e. The zero-order valence-corrected chi connectivity index (χ0v) is 47.7. The molecule has 0 aliphatic heterocycles. The summed E-state index contributed by atoms with van der Waals surface area (Å²) >= 11 is 12.8. The van der Waals surface area contributed by atoms with E-state index < -0.39 is 67.8 Å². The van der Waals surface area contributed by atoms with Gasteiger partial charge in [0.25, 0.3) is 19.2 Å². The maximum Gasteiger partial charge on any atom is 0.416 e. The highest BCUT2D eigenvalue weighted by atomic mass is 35.7. The van der Waals surface area contributed by atoms with E-state index in [0.29, 0.717) is 38.4 Å². The van der Waals surface area contributed by atoms with Crippen LogP contribution in [0.3, 0.4) is 0 Å². The van der Waals surface area contributed by atoms with Crippen molar-refractivity contribution in [1.82, 2.24) is 0 Å². The molecule has 10 nitrogen and oxygen atoms in total. The third-order valence-corrected chi connectivity index (χ3v) is 15.8. The Kier molecular flexibility index (Phi) is 20.5. The molecule has 0 aliphatic carbocycles. The first-order chi connectivity index (χ1) is 37.9. The van der Waals surface area contributed by atoms with Gasteiger partial charge in [-0.3, -0.25) is 4.18 Å². The van der Waals surface area contributed by atoms with E-state index in [1.54, 1.807) is 104 Å². The molecule has 0 aromatic heterocycles. The Bertz CT molecular complexity index is 3850. The molecule has 0 atom stereocenters. The van der Waals surface area contributed by atoms with Gasteiger partial charge in [-0.1, -0.05) is 95.0 Å². The number of carbonyl (C=O) groups is 2. The summed E-state index contributed by atoms with van der Waals surface area (Å²) < 4.78 is 142. The summed E-state index contributed by atoms with van der Waals surface area (Å²) in [6.07, 6.45) is -9.17. The normalized spacial score (nSPS) is 11.7. The van der Waals surface area contributed by atoms with Crippen LogP contribution in [0.5, 0.6) is 0 Å². The molecule has 21 heteroatoms. The standard InChI is InChI=1S/C30H24ClF3O5S.C23H18ClF3O3.C7H7ClO2S/c1-18-4-9-24(10-5-18)40(36,37)39-17-22-15-23(30(32,33)34)8-12-26(22)27-16-20(7-13-28(27)31)25-11-6-21(14-19(25)2)29(35)38-3;1-13-9-15(22(29)30-2)3-6-18(13)14-4-8-21(24)20(11-14)19-7-5-17(23(25,26)27)10-16(19)12-28;1-6-2-4-7(5-3-6)11(8,9)10/h4-16H,17H2,1-3H3;3-11,28H,12H2,1-2H3;2-5H,1H3. The number of aliphatic hydroxyl groups excluding tert-OH is 1. The zero-order chi connectivity index (χ0) is 59.8. The second kappa shape index (κ2) is 26.3. The van der Waals surface area contributed by atoms with Crippen LogP contribution in [0.1, 0.15) is 65.2 Å². The summed E-state index contributed by atoms with van der Waals surface area (Å²) in [5.74, 6) is -0.930. The molecule has 0 fully saturated rings. The molecule has 1 N–H and O–H groups in total. The monoisotopic (exact) mass is 1210 g/mol. The summed E-state index contributed by atoms with van der Waals surface area (Å²) in [5, 5.41) is 10.2. The minimum atomic E-state index is -4.66. The van der Waals surface area contributed by atoms with Gasteiger partial charge in [-0.05, 0) is 180 Å². The van der Waals surface area contributed by atoms with Crippen molar-refractivity contribution in [3.8, 4) is 44.5 Å². The number of ether oxygens (including phenoxy) is 2. The lowest BCUT2D eigenvalue weighted by atomic mass is 9.92. The molecule has 0 aliphatic rings. The summed E-state index contributed by atoms with van der Waals surface area (Å²) in [6, 6.07) is 38.9. The molecule has 0 unspecified atom stereocenters. The maximum atomic E-state index is 13.6. The van der Waals surface area contributed by atoms with Gasteiger partial charge in [0.05, 0.1) is 59.5 Å². The number of carbonyl (C=O) groups excluding carboxylic acids is 2. The summed E-state index contributed by atoms with van der Waals surface area (Å²) in [4.78, 5) is 23.6. The molecule has 424 valence electrons. The van der Waals surface area contributed by atoms with Crippen molar-refractivity contribution in [3.63, 3.8) is 0 Å². The molecular formula is C60H49Cl3F6O10S2. The molecule has 8 aromatic carbocycles. The predicted molar refractivity (Wildman–Crippen MR) is 300 cm³/mol. The fraction of sp³-hybridized carbons (Fsp3) is 0.167. The number of esters is 2. The molecule has 8 rings (SSSR count). The Morgan fingerprint density at radius 1 is 0.481 bits per heavy atom. The lowest BCUT2D eigenvalue weighted by molar-refractivity contribution is -0.138. The smallest absolute Gasteiger partial charge is 0.416 e. The maximum absolute atomic E-state index is 13.6. The van der Waals surface area contributed by atoms with Crippen LogP contribution in [0.15, 0.2) is 168 Å². The Morgan fingerprint density at radius 2 is 0.864 bits per heavy atom. The van der Waals surface area contributed by atoms with Crippen molar-refractivity contribution in [3.05, 3.63) is 223 Å². The van der Waals surface area contributed by atoms with Crippen molar-refractivity contribution >= 4 is 65.0 Å². The molecule has 0 saturated carbocycles. The SMILES string of the molecule is COC(=O)c1ccc(-c2ccc(Cl)c(-c3ccc(C(F)(F)F)cc3CO)c2)c(C)c1.COC(=O)c1ccc(-c2ccc(Cl)c(-c3ccc(C(F)(F)F)cc3COS(=O)(=O)c3ccc(C)cc3)c2)c(C)c1.Cc1ccc(S(=O)(=O)Cl)cc1. The summed E-state index contributed by atoms with van der Waals surface area (Å²) in [6.45, 7) is 6.11. The van der Waals surface area contributed by atoms with E-state index in [4.69, 9.17) is 47.5 Å². The fourth-order valence-electron chi connectivity index (χ4n) is 8.19. The van der Waals surface area contributed by atoms with Gasteiger partial charge >= 0.3 is 24.3 Å². The molecular weight excluding hydrogens is 1170 g/mol. The van der Waals surface area contributed by atoms with Gasteiger partial charge in [-0.25, -0.2) is 18.0 Å². The van der Waals surface area contributed by atoms with Crippen LogP contribution in [-0.2, 0) is 58.4 Å². The van der Waals surface area contributed by atoms with Crippen LogP contribution in [0.25, 0.3) is 44.5 Å². The molecule has 8 aromatic rings. The quantitative estimate of drug-likeness (QED) is 0.0542. The van der Waals surface area contributed by atoms with E-state index in [1.165, 1.54) is 50.6 Å². The fourth-order valence-corrected chi connectivity index (χ4v) is 10.3. The third kappa shape index (κ3) is 16.1. The number of methoxy groups -OCH3 is 2. The molecule has 0 saturated heterocycles. The van der Waals surface area contributed by atoms with E-state index in [9.17, 15) is 57.9 Å². The summed E-state index contributed by atoms with van der Waals surface area (Å²) in [7, 11) is -0.127. The predicted octanol–water partition coefficient (Wildman–Crippen LogP) is 16.2. The van der Waals surface area contributed by atoms with Gasteiger partial charge in [-0.2, -0.15) is 34.8 Å². The van der Waals surface area contributed by atoms with Gasteiger partial charge in [0.1, 0.15) is 0 Å². The van der Waals surface area contributed by atoms with Crippen LogP contribution in [0.4, 0.5) is 26.3 Å². The highest BCUT2D eigenvalue weighted by molar-refractivity contribution is 8.13. The number of aryl methyl sites for hydroxylation is 4. The molecule has 0 radical (unpaired) electrons. The van der Waals surface area contributed by atoms with Crippen LogP contribution in [0.2, 0.25) is 10.0 Å². The average molecular weight is 1210 g/mol. The summed E-state index contributed by atoms with van der Waals surface area (Å²) in [5.41, 5.74) is 7.17. The Balaban J connectivity index is 0.000000225. The van der Waals surface area contributed by atoms with Gasteiger partial charge in [-0.15, -0.1) is 0 Å². The molecule has 81 heavy (non-hydrogen) atoms. The number of halogens is 9. The first-order valence-corrected chi connectivity index (χ1v) is 28.4. The number of benzene rings is 8. The van der Waals surface area contributed by atoms with E-state index in [1.807, 2.05) is 20.8 Å². The first kappa shape index (κ1) is 63.2. The van der Waals surface area contributed by atoms with E-state index in [2.05, 4.69) is 0 Å². The number of hydrogen-bond donors (Lipinski definition) is 1. The Morgan fingerprint density at radius 3 is 1.23 bits per heavy atom. The minimum Gasteiger partial charge on any atom is -0.465 e. The van der Waals surface area contributed by atoms with Gasteiger partial charge in [0.15, 0.2) is 0 Å². The van der Waals surface area contributed by atoms with Gasteiger partial charge in [0, 0.05) is 31.9 Å². The molecule has 0 heterocycles. The topological polar surface area (TPSA) is 150 Å². The number of rotatable bonds is 12. The molecule has 0 spiro atoms. The van der Waals surface area contributed by atoms with Gasteiger partial charge in [0.2, 0.25) is 0 Å². The minimum absolute atomic E-state index is 0.0117. The lowest BCUT2D eigenvalue weighted by Gasteiger charge is -2.17. The van der Waals surface area contributed by atoms with Gasteiger partial charge < -0.3 is 14.6 Å². The first-order valence-electron chi connectivity index (χ1n) is 23.9. The Hall–Kier alpha value is -7.03. The third-order valence-electron chi connectivity index (χ3n) is 12.4. The van der Waals surface area contributed by atoms with Crippen LogP contribution < -0.4 is 0 Å². The van der Waals surface area contributed by atoms with Crippen molar-refractivity contribution in [2.24, 2.45) is 0 Å². The highest BCUT2D eigenvalue weighted by Gasteiger charge is 2.33. The van der Waals surface area contributed by atoms with Crippen molar-refractivity contribution in [1.29, 1.82) is 0 Å². The highest BCUT2D eigenvalue weighted by Crippen LogP contribution is 2.41. The molecule has 0 bridgehead atoms. The average Bonchev–Trinajstić information content (AvgIpc) is 3.51. The Labute approximate surface area is 479 Å². The van der Waals surface area contributed by atoms with E-state index in [0.717, 1.165) is 63.2 Å². The second-order valence-electron chi connectivity index (χ2n) is 18.1. The van der Waals surface area contributed by atoms with Crippen LogP contribution >= 0.6 is 33.9 Å². The number of hydrogen-bond acceptors (Lipinski definition) is 10. The van der Waals surface area contributed by atoms with Crippen LogP contribution in [-0.4, -0.2) is 48.1 Å². The van der Waals surface area contributed by atoms with Crippen molar-refractivity contribution < 1.29 is 71.5 Å². The second-order valence-corrected chi connectivity index (χ2v) is 23.1. The lowest BCUT2D eigenvalue weighted by Crippen LogP contribution is -2.10. The zero-order valence-electron chi connectivity index (χ0n) is 43.8. The molecule has 0 amide bonds. The number of aliphatic hydroxyl groups is 1. The van der Waals surface area contributed by atoms with Crippen LogP contribution in [0, 0.1) is 27.7 Å². The van der Waals surface area contributed by atoms with Crippen molar-refractivity contribution in [2.45, 2.75) is 63.1 Å².